The first kappa shape index (κ1) is 13.2. The average molecular weight is 288 g/mol. The number of anilines is 1. The van der Waals surface area contributed by atoms with Crippen LogP contribution < -0.4 is 5.32 Å². The average Bonchev–Trinajstić information content (AvgIpc) is 3.17. The van der Waals surface area contributed by atoms with Crippen LogP contribution in [0.1, 0.15) is 42.4 Å². The fourth-order valence-electron chi connectivity index (χ4n) is 2.07. The summed E-state index contributed by atoms with van der Waals surface area (Å²) in [6, 6.07) is 1.85. The summed E-state index contributed by atoms with van der Waals surface area (Å²) in [5, 5.41) is 3.88. The predicted molar refractivity (Wildman–Crippen MR) is 77.8 cm³/mol. The van der Waals surface area contributed by atoms with Crippen molar-refractivity contribution in [1.82, 2.24) is 15.0 Å². The number of carbonyl (C=O) groups excluding carboxylic acids is 1. The Kier molecular flexibility index (Phi) is 3.73. The van der Waals surface area contributed by atoms with Crippen LogP contribution in [-0.2, 0) is 11.2 Å². The third-order valence-corrected chi connectivity index (χ3v) is 4.01. The molecule has 2 aromatic heterocycles. The molecule has 0 atom stereocenters. The topological polar surface area (TPSA) is 67.8 Å². The van der Waals surface area contributed by atoms with Crippen molar-refractivity contribution in [3.63, 3.8) is 0 Å². The number of thiazole rings is 1. The highest BCUT2D eigenvalue weighted by Gasteiger charge is 2.28. The Balaban J connectivity index is 1.55. The second-order valence-corrected chi connectivity index (χ2v) is 5.84. The Morgan fingerprint density at radius 1 is 1.45 bits per heavy atom. The van der Waals surface area contributed by atoms with Gasteiger partial charge in [0.1, 0.15) is 10.8 Å². The van der Waals surface area contributed by atoms with Crippen molar-refractivity contribution in [3.05, 3.63) is 35.0 Å². The van der Waals surface area contributed by atoms with Gasteiger partial charge in [-0.25, -0.2) is 15.0 Å². The minimum absolute atomic E-state index is 0.0208. The number of hydrogen-bond acceptors (Lipinski definition) is 5. The molecule has 0 radical (unpaired) electrons. The molecule has 1 saturated carbocycles. The molecule has 1 N–H and O–H groups in total. The second kappa shape index (κ2) is 5.66. The molecule has 1 aliphatic rings. The SMILES string of the molecule is Cc1nccc(CCC(=O)Nc2scnc2C2CC2)n1. The van der Waals surface area contributed by atoms with Gasteiger partial charge >= 0.3 is 0 Å². The number of carbonyl (C=O) groups is 1. The zero-order valence-electron chi connectivity index (χ0n) is 11.3. The normalized spacial score (nSPS) is 14.2. The molecule has 0 aliphatic heterocycles. The summed E-state index contributed by atoms with van der Waals surface area (Å²) < 4.78 is 0. The standard InChI is InChI=1S/C14H16N4OS/c1-9-15-7-6-11(17-9)4-5-12(19)18-14-13(10-2-3-10)16-8-20-14/h6-8,10H,2-5H2,1H3,(H,18,19). The molecule has 20 heavy (non-hydrogen) atoms. The van der Waals surface area contributed by atoms with Gasteiger partial charge in [-0.1, -0.05) is 0 Å². The van der Waals surface area contributed by atoms with Crippen molar-refractivity contribution in [2.24, 2.45) is 0 Å². The lowest BCUT2D eigenvalue weighted by Gasteiger charge is -2.05. The highest BCUT2D eigenvalue weighted by molar-refractivity contribution is 7.14. The Hall–Kier alpha value is -1.82. The van der Waals surface area contributed by atoms with Gasteiger partial charge in [-0.2, -0.15) is 0 Å². The van der Waals surface area contributed by atoms with Crippen molar-refractivity contribution in [2.75, 3.05) is 5.32 Å². The van der Waals surface area contributed by atoms with Gasteiger partial charge in [-0.15, -0.1) is 11.3 Å². The van der Waals surface area contributed by atoms with Crippen molar-refractivity contribution in [2.45, 2.75) is 38.5 Å². The van der Waals surface area contributed by atoms with Crippen LogP contribution in [0.4, 0.5) is 5.00 Å². The second-order valence-electron chi connectivity index (χ2n) is 4.98. The third-order valence-electron chi connectivity index (χ3n) is 3.25. The van der Waals surface area contributed by atoms with Crippen LogP contribution in [0.2, 0.25) is 0 Å². The molecule has 2 heterocycles. The quantitative estimate of drug-likeness (QED) is 0.918. The Morgan fingerprint density at radius 3 is 3.05 bits per heavy atom. The lowest BCUT2D eigenvalue weighted by atomic mass is 10.2. The maximum Gasteiger partial charge on any atom is 0.225 e. The lowest BCUT2D eigenvalue weighted by molar-refractivity contribution is -0.116. The fraction of sp³-hybridized carbons (Fsp3) is 0.429. The van der Waals surface area contributed by atoms with Crippen LogP contribution >= 0.6 is 11.3 Å². The highest BCUT2D eigenvalue weighted by atomic mass is 32.1. The summed E-state index contributed by atoms with van der Waals surface area (Å²) in [4.78, 5) is 24.7. The molecule has 6 heteroatoms. The molecule has 3 rings (SSSR count). The molecule has 104 valence electrons. The maximum absolute atomic E-state index is 12.0. The maximum atomic E-state index is 12.0. The fourth-order valence-corrected chi connectivity index (χ4v) is 2.86. The summed E-state index contributed by atoms with van der Waals surface area (Å²) in [5.74, 6) is 1.31. The summed E-state index contributed by atoms with van der Waals surface area (Å²) in [7, 11) is 0. The molecule has 0 saturated heterocycles. The highest BCUT2D eigenvalue weighted by Crippen LogP contribution is 2.43. The van der Waals surface area contributed by atoms with E-state index in [0.29, 0.717) is 18.8 Å². The Labute approximate surface area is 121 Å². The van der Waals surface area contributed by atoms with E-state index in [0.717, 1.165) is 22.2 Å². The van der Waals surface area contributed by atoms with Crippen molar-refractivity contribution in [3.8, 4) is 0 Å². The molecule has 0 aromatic carbocycles. The van der Waals surface area contributed by atoms with Crippen LogP contribution in [0.15, 0.2) is 17.8 Å². The van der Waals surface area contributed by atoms with E-state index in [2.05, 4.69) is 20.3 Å². The van der Waals surface area contributed by atoms with Crippen LogP contribution in [0.5, 0.6) is 0 Å². The largest absolute Gasteiger partial charge is 0.316 e. The van der Waals surface area contributed by atoms with Gasteiger partial charge in [0.2, 0.25) is 5.91 Å². The number of hydrogen-bond donors (Lipinski definition) is 1. The number of nitrogens with zero attached hydrogens (tertiary/aromatic N) is 3. The van der Waals surface area contributed by atoms with Gasteiger partial charge in [0.05, 0.1) is 11.2 Å². The lowest BCUT2D eigenvalue weighted by Crippen LogP contribution is -2.13. The van der Waals surface area contributed by atoms with Gasteiger partial charge in [-0.05, 0) is 32.3 Å². The molecular weight excluding hydrogens is 272 g/mol. The molecule has 0 bridgehead atoms. The molecule has 1 fully saturated rings. The monoisotopic (exact) mass is 288 g/mol. The minimum atomic E-state index is 0.0208. The summed E-state index contributed by atoms with van der Waals surface area (Å²) >= 11 is 1.50. The Bertz CT molecular complexity index is 621. The van der Waals surface area contributed by atoms with E-state index in [-0.39, 0.29) is 5.91 Å². The van der Waals surface area contributed by atoms with Crippen LogP contribution in [0, 0.1) is 6.92 Å². The van der Waals surface area contributed by atoms with Gasteiger partial charge in [-0.3, -0.25) is 4.79 Å². The van der Waals surface area contributed by atoms with Crippen molar-refractivity contribution < 1.29 is 4.79 Å². The van der Waals surface area contributed by atoms with Gasteiger partial charge < -0.3 is 5.32 Å². The van der Waals surface area contributed by atoms with E-state index in [1.807, 2.05) is 13.0 Å². The number of aryl methyl sites for hydroxylation is 2. The van der Waals surface area contributed by atoms with Crippen LogP contribution in [0.3, 0.4) is 0 Å². The first-order chi connectivity index (χ1) is 9.72. The van der Waals surface area contributed by atoms with E-state index in [9.17, 15) is 4.79 Å². The first-order valence-electron chi connectivity index (χ1n) is 6.74. The van der Waals surface area contributed by atoms with E-state index in [4.69, 9.17) is 0 Å². The molecule has 0 spiro atoms. The van der Waals surface area contributed by atoms with Crippen LogP contribution in [-0.4, -0.2) is 20.9 Å². The molecule has 1 amide bonds. The molecule has 1 aliphatic carbocycles. The first-order valence-corrected chi connectivity index (χ1v) is 7.62. The summed E-state index contributed by atoms with van der Waals surface area (Å²) in [6.07, 6.45) is 5.16. The summed E-state index contributed by atoms with van der Waals surface area (Å²) in [6.45, 7) is 1.85. The number of aromatic nitrogens is 3. The minimum Gasteiger partial charge on any atom is -0.316 e. The van der Waals surface area contributed by atoms with E-state index in [1.165, 1.54) is 24.2 Å². The molecule has 0 unspecified atom stereocenters. The number of nitrogens with one attached hydrogen (secondary N) is 1. The van der Waals surface area contributed by atoms with Crippen LogP contribution in [0.25, 0.3) is 0 Å². The van der Waals surface area contributed by atoms with Gasteiger partial charge in [0, 0.05) is 24.2 Å². The van der Waals surface area contributed by atoms with Gasteiger partial charge in [0.25, 0.3) is 0 Å². The summed E-state index contributed by atoms with van der Waals surface area (Å²) in [5.41, 5.74) is 3.76. The smallest absolute Gasteiger partial charge is 0.225 e. The predicted octanol–water partition coefficient (Wildman–Crippen LogP) is 2.69. The number of amides is 1. The molecule has 2 aromatic rings. The zero-order chi connectivity index (χ0) is 13.9. The number of rotatable bonds is 5. The van der Waals surface area contributed by atoms with E-state index in [1.54, 1.807) is 11.7 Å². The Morgan fingerprint density at radius 2 is 2.30 bits per heavy atom. The van der Waals surface area contributed by atoms with Crippen molar-refractivity contribution in [1.29, 1.82) is 0 Å². The zero-order valence-corrected chi connectivity index (χ0v) is 12.1. The molecular formula is C14H16N4OS. The molecule has 5 nitrogen and oxygen atoms in total. The van der Waals surface area contributed by atoms with E-state index >= 15 is 0 Å². The van der Waals surface area contributed by atoms with Gasteiger partial charge in [0.15, 0.2) is 0 Å². The third kappa shape index (κ3) is 3.19. The van der Waals surface area contributed by atoms with E-state index < -0.39 is 0 Å². The van der Waals surface area contributed by atoms with Crippen molar-refractivity contribution >= 4 is 22.2 Å².